The largest absolute Gasteiger partial charge is 0.490 e. The third-order valence-electron chi connectivity index (χ3n) is 4.02. The molecule has 1 N–H and O–H groups in total. The monoisotopic (exact) mass is 374 g/mol. The highest BCUT2D eigenvalue weighted by Gasteiger charge is 2.23. The van der Waals surface area contributed by atoms with Crippen molar-refractivity contribution < 1.29 is 9.84 Å². The highest BCUT2D eigenvalue weighted by Crippen LogP contribution is 2.33. The molecule has 4 rings (SSSR count). The Kier molecular flexibility index (Phi) is 4.42. The second-order valence-electron chi connectivity index (χ2n) is 6.03. The number of nitrogens with zero attached hydrogens (tertiary/aromatic N) is 2. The zero-order valence-electron chi connectivity index (χ0n) is 13.3. The van der Waals surface area contributed by atoms with Crippen molar-refractivity contribution in [2.75, 3.05) is 0 Å². The summed E-state index contributed by atoms with van der Waals surface area (Å²) in [5.74, 6) is 0.829. The zero-order valence-corrected chi connectivity index (χ0v) is 14.8. The van der Waals surface area contributed by atoms with E-state index < -0.39 is 0 Å². The number of hydrogen-bond donors (Lipinski definition) is 1. The van der Waals surface area contributed by atoms with Gasteiger partial charge in [0, 0.05) is 10.6 Å². The lowest BCUT2D eigenvalue weighted by Crippen LogP contribution is -2.01. The van der Waals surface area contributed by atoms with Crippen LogP contribution in [-0.2, 0) is 6.61 Å². The van der Waals surface area contributed by atoms with Crippen molar-refractivity contribution in [3.05, 3.63) is 64.3 Å². The molecule has 0 bridgehead atoms. The molecule has 1 aromatic heterocycles. The molecule has 0 radical (unpaired) electrons. The molecule has 6 heteroatoms. The Labute approximate surface area is 155 Å². The lowest BCUT2D eigenvalue weighted by Gasteiger charge is -2.11. The second kappa shape index (κ2) is 6.71. The van der Waals surface area contributed by atoms with Gasteiger partial charge < -0.3 is 9.84 Å². The maximum atomic E-state index is 9.52. The van der Waals surface area contributed by atoms with Crippen molar-refractivity contribution in [2.45, 2.75) is 25.6 Å². The summed E-state index contributed by atoms with van der Waals surface area (Å²) in [7, 11) is 0. The number of hydrogen-bond acceptors (Lipinski definition) is 3. The van der Waals surface area contributed by atoms with Gasteiger partial charge in [-0.15, -0.1) is 0 Å². The molecule has 1 saturated carbocycles. The van der Waals surface area contributed by atoms with E-state index in [1.54, 1.807) is 22.9 Å². The van der Waals surface area contributed by atoms with E-state index in [2.05, 4.69) is 5.10 Å². The molecule has 0 unspecified atom stereocenters. The average Bonchev–Trinajstić information content (AvgIpc) is 3.32. The first-order valence-electron chi connectivity index (χ1n) is 8.06. The molecule has 0 amide bonds. The first-order valence-corrected chi connectivity index (χ1v) is 8.82. The van der Waals surface area contributed by atoms with Gasteiger partial charge in [0.1, 0.15) is 5.75 Å². The average molecular weight is 375 g/mol. The van der Waals surface area contributed by atoms with Crippen molar-refractivity contribution in [1.82, 2.24) is 9.78 Å². The van der Waals surface area contributed by atoms with Gasteiger partial charge in [0.2, 0.25) is 0 Å². The van der Waals surface area contributed by atoms with Gasteiger partial charge in [0.05, 0.1) is 34.8 Å². The molecule has 1 fully saturated rings. The van der Waals surface area contributed by atoms with Crippen LogP contribution in [0.3, 0.4) is 0 Å². The van der Waals surface area contributed by atoms with Gasteiger partial charge in [-0.3, -0.25) is 0 Å². The fourth-order valence-electron chi connectivity index (χ4n) is 2.65. The molecule has 1 aliphatic carbocycles. The Morgan fingerprint density at radius 1 is 1.12 bits per heavy atom. The number of aliphatic hydroxyl groups is 1. The fraction of sp³-hybridized carbons (Fsp3) is 0.211. The lowest BCUT2D eigenvalue weighted by atomic mass is 10.1. The highest BCUT2D eigenvalue weighted by molar-refractivity contribution is 6.34. The molecule has 3 aromatic rings. The van der Waals surface area contributed by atoms with E-state index in [4.69, 9.17) is 27.9 Å². The molecule has 25 heavy (non-hydrogen) atoms. The van der Waals surface area contributed by atoms with Crippen molar-refractivity contribution >= 4 is 23.2 Å². The van der Waals surface area contributed by atoms with Gasteiger partial charge in [-0.2, -0.15) is 5.10 Å². The summed E-state index contributed by atoms with van der Waals surface area (Å²) in [6, 6.07) is 14.9. The number of halogens is 2. The minimum atomic E-state index is -0.156. The minimum Gasteiger partial charge on any atom is -0.490 e. The molecule has 0 aliphatic heterocycles. The van der Waals surface area contributed by atoms with Gasteiger partial charge in [-0.05, 0) is 49.2 Å². The third kappa shape index (κ3) is 3.52. The molecular weight excluding hydrogens is 359 g/mol. The van der Waals surface area contributed by atoms with Crippen LogP contribution < -0.4 is 4.74 Å². The molecule has 1 aliphatic rings. The smallest absolute Gasteiger partial charge is 0.120 e. The number of benzene rings is 2. The Balaban J connectivity index is 1.81. The topological polar surface area (TPSA) is 47.3 Å². The van der Waals surface area contributed by atoms with Gasteiger partial charge in [0.25, 0.3) is 0 Å². The highest BCUT2D eigenvalue weighted by atomic mass is 35.5. The summed E-state index contributed by atoms with van der Waals surface area (Å²) in [4.78, 5) is 0. The van der Waals surface area contributed by atoms with Gasteiger partial charge in [-0.25, -0.2) is 4.68 Å². The predicted molar refractivity (Wildman–Crippen MR) is 98.6 cm³/mol. The van der Waals surface area contributed by atoms with Crippen LogP contribution in [0.25, 0.3) is 16.9 Å². The molecule has 0 atom stereocenters. The molecule has 0 saturated heterocycles. The van der Waals surface area contributed by atoms with Gasteiger partial charge in [-0.1, -0.05) is 35.3 Å². The van der Waals surface area contributed by atoms with Crippen LogP contribution in [0.2, 0.25) is 10.0 Å². The predicted octanol–water partition coefficient (Wildman–Crippen LogP) is 4.88. The van der Waals surface area contributed by atoms with Crippen LogP contribution in [0, 0.1) is 0 Å². The van der Waals surface area contributed by atoms with E-state index in [-0.39, 0.29) is 6.61 Å². The Morgan fingerprint density at radius 2 is 1.96 bits per heavy atom. The summed E-state index contributed by atoms with van der Waals surface area (Å²) < 4.78 is 7.59. The molecule has 2 aromatic carbocycles. The summed E-state index contributed by atoms with van der Waals surface area (Å²) in [5.41, 5.74) is 2.97. The molecule has 128 valence electrons. The Hall–Kier alpha value is -2.01. The third-order valence-corrected chi connectivity index (χ3v) is 4.57. The van der Waals surface area contributed by atoms with Gasteiger partial charge >= 0.3 is 0 Å². The molecule has 1 heterocycles. The number of rotatable bonds is 5. The summed E-state index contributed by atoms with van der Waals surface area (Å²) in [6.45, 7) is -0.156. The van der Waals surface area contributed by atoms with Crippen LogP contribution in [0.1, 0.15) is 18.5 Å². The quantitative estimate of drug-likeness (QED) is 0.692. The van der Waals surface area contributed by atoms with E-state index in [9.17, 15) is 5.11 Å². The molecular formula is C19H16Cl2N2O2. The van der Waals surface area contributed by atoms with E-state index in [1.807, 2.05) is 30.3 Å². The van der Waals surface area contributed by atoms with Crippen LogP contribution in [-0.4, -0.2) is 21.0 Å². The van der Waals surface area contributed by atoms with E-state index in [0.29, 0.717) is 27.5 Å². The normalized spacial score (nSPS) is 13.9. The van der Waals surface area contributed by atoms with E-state index >= 15 is 0 Å². The van der Waals surface area contributed by atoms with Crippen molar-refractivity contribution in [2.24, 2.45) is 0 Å². The number of aliphatic hydroxyl groups excluding tert-OH is 1. The lowest BCUT2D eigenvalue weighted by molar-refractivity contribution is 0.276. The zero-order chi connectivity index (χ0) is 17.4. The van der Waals surface area contributed by atoms with Crippen LogP contribution >= 0.6 is 23.2 Å². The summed E-state index contributed by atoms with van der Waals surface area (Å²) in [6.07, 6.45) is 2.54. The van der Waals surface area contributed by atoms with Crippen LogP contribution in [0.5, 0.6) is 5.75 Å². The van der Waals surface area contributed by atoms with Crippen molar-refractivity contribution in [3.63, 3.8) is 0 Å². The van der Waals surface area contributed by atoms with Crippen LogP contribution in [0.4, 0.5) is 0 Å². The van der Waals surface area contributed by atoms with E-state index in [1.165, 1.54) is 0 Å². The fourth-order valence-corrected chi connectivity index (χ4v) is 3.02. The summed E-state index contributed by atoms with van der Waals surface area (Å²) >= 11 is 12.5. The maximum Gasteiger partial charge on any atom is 0.120 e. The first-order chi connectivity index (χ1) is 12.1. The standard InChI is InChI=1S/C19H16Cl2N2O2/c20-13-4-7-17(21)19(9-13)23-18(10-14(11-24)22-23)12-2-1-3-16(8-12)25-15-5-6-15/h1-4,7-10,15,24H,5-6,11H2. The second-order valence-corrected chi connectivity index (χ2v) is 6.88. The Bertz CT molecular complexity index is 920. The minimum absolute atomic E-state index is 0.156. The molecule has 0 spiro atoms. The Morgan fingerprint density at radius 3 is 2.72 bits per heavy atom. The first kappa shape index (κ1) is 16.5. The van der Waals surface area contributed by atoms with Crippen molar-refractivity contribution in [3.8, 4) is 22.7 Å². The van der Waals surface area contributed by atoms with Crippen molar-refractivity contribution in [1.29, 1.82) is 0 Å². The SMILES string of the molecule is OCc1cc(-c2cccc(OC3CC3)c2)n(-c2cc(Cl)ccc2Cl)n1. The number of ether oxygens (including phenoxy) is 1. The van der Waals surface area contributed by atoms with E-state index in [0.717, 1.165) is 29.8 Å². The van der Waals surface area contributed by atoms with Crippen LogP contribution in [0.15, 0.2) is 48.5 Å². The summed E-state index contributed by atoms with van der Waals surface area (Å²) in [5, 5.41) is 15.1. The molecule has 4 nitrogen and oxygen atoms in total. The maximum absolute atomic E-state index is 9.52. The number of aromatic nitrogens is 2. The van der Waals surface area contributed by atoms with Gasteiger partial charge in [0.15, 0.2) is 0 Å².